The van der Waals surface area contributed by atoms with Gasteiger partial charge in [-0.3, -0.25) is 4.79 Å². The van der Waals surface area contributed by atoms with Crippen LogP contribution in [-0.4, -0.2) is 31.5 Å². The van der Waals surface area contributed by atoms with E-state index in [4.69, 9.17) is 8.94 Å². The fourth-order valence-electron chi connectivity index (χ4n) is 3.57. The number of fused-ring (bicyclic) bond motifs is 1. The fourth-order valence-corrected chi connectivity index (χ4v) is 4.57. The second kappa shape index (κ2) is 7.88. The Morgan fingerprint density at radius 2 is 1.81 bits per heavy atom. The van der Waals surface area contributed by atoms with Gasteiger partial charge in [0.1, 0.15) is 11.5 Å². The average Bonchev–Trinajstić information content (AvgIpc) is 3.29. The van der Waals surface area contributed by atoms with E-state index in [1.165, 1.54) is 13.1 Å². The van der Waals surface area contributed by atoms with E-state index in [1.54, 1.807) is 32.0 Å². The van der Waals surface area contributed by atoms with E-state index < -0.39 is 15.9 Å². The molecule has 0 unspecified atom stereocenters. The molecule has 0 atom stereocenters. The molecule has 0 radical (unpaired) electrons. The van der Waals surface area contributed by atoms with Crippen molar-refractivity contribution in [3.05, 3.63) is 58.7 Å². The molecule has 1 amide bonds. The zero-order valence-corrected chi connectivity index (χ0v) is 19.0. The summed E-state index contributed by atoms with van der Waals surface area (Å²) in [5.74, 6) is 0.939. The molecule has 0 aliphatic heterocycles. The smallest absolute Gasteiger partial charge is 0.259 e. The zero-order valence-electron chi connectivity index (χ0n) is 18.2. The second-order valence-electron chi connectivity index (χ2n) is 7.47. The lowest BCUT2D eigenvalue weighted by molar-refractivity contribution is 0.102. The summed E-state index contributed by atoms with van der Waals surface area (Å²) in [6.45, 7) is 7.05. The topological polar surface area (TPSA) is 127 Å². The highest BCUT2D eigenvalue weighted by molar-refractivity contribution is 7.89. The molecular formula is C22H22N4O5S. The summed E-state index contributed by atoms with van der Waals surface area (Å²) >= 11 is 0. The maximum Gasteiger partial charge on any atom is 0.259 e. The van der Waals surface area contributed by atoms with Crippen LogP contribution in [0.5, 0.6) is 0 Å². The average molecular weight is 455 g/mol. The van der Waals surface area contributed by atoms with Crippen molar-refractivity contribution in [1.29, 1.82) is 0 Å². The third-order valence-electron chi connectivity index (χ3n) is 5.18. The van der Waals surface area contributed by atoms with E-state index in [2.05, 4.69) is 20.2 Å². The van der Waals surface area contributed by atoms with Crippen molar-refractivity contribution < 1.29 is 22.2 Å². The van der Waals surface area contributed by atoms with Crippen molar-refractivity contribution in [3.63, 3.8) is 0 Å². The first-order valence-electron chi connectivity index (χ1n) is 9.80. The lowest BCUT2D eigenvalue weighted by atomic mass is 10.1. The molecule has 0 aliphatic rings. The monoisotopic (exact) mass is 454 g/mol. The van der Waals surface area contributed by atoms with Crippen LogP contribution in [0.4, 0.5) is 5.69 Å². The zero-order chi connectivity index (χ0) is 23.2. The van der Waals surface area contributed by atoms with Crippen LogP contribution in [0.2, 0.25) is 0 Å². The lowest BCUT2D eigenvalue weighted by Crippen LogP contribution is -2.20. The first-order chi connectivity index (χ1) is 15.1. The molecule has 4 aromatic rings. The van der Waals surface area contributed by atoms with Crippen LogP contribution in [-0.2, 0) is 10.0 Å². The Hall–Kier alpha value is -3.50. The summed E-state index contributed by atoms with van der Waals surface area (Å²) in [5, 5.41) is 7.21. The summed E-state index contributed by atoms with van der Waals surface area (Å²) in [6.07, 6.45) is 0. The normalized spacial score (nSPS) is 11.8. The van der Waals surface area contributed by atoms with Crippen LogP contribution >= 0.6 is 0 Å². The van der Waals surface area contributed by atoms with Crippen molar-refractivity contribution >= 4 is 32.7 Å². The SMILES string of the molecule is CNS(=O)(=O)c1cc(NC(=O)c2cc(-c3cc(C)oc3C)nc3onc(C)c23)ccc1C. The summed E-state index contributed by atoms with van der Waals surface area (Å²) in [7, 11) is -2.34. The van der Waals surface area contributed by atoms with Gasteiger partial charge in [0, 0.05) is 11.3 Å². The van der Waals surface area contributed by atoms with Gasteiger partial charge in [0.25, 0.3) is 11.6 Å². The second-order valence-corrected chi connectivity index (χ2v) is 9.33. The van der Waals surface area contributed by atoms with Crippen molar-refractivity contribution in [1.82, 2.24) is 14.9 Å². The van der Waals surface area contributed by atoms with Crippen molar-refractivity contribution in [2.75, 3.05) is 12.4 Å². The first kappa shape index (κ1) is 21.7. The van der Waals surface area contributed by atoms with Gasteiger partial charge in [0.15, 0.2) is 0 Å². The van der Waals surface area contributed by atoms with Crippen molar-refractivity contribution in [3.8, 4) is 11.3 Å². The standard InChI is InChI=1S/C22H22N4O5S/c1-11-6-7-15(9-19(11)32(28,29)23-5)24-21(27)17-10-18(16-8-12(2)30-14(16)4)25-22-20(17)13(3)26-31-22/h6-10,23H,1-5H3,(H,24,27). The van der Waals surface area contributed by atoms with Gasteiger partial charge in [-0.05, 0) is 64.6 Å². The quantitative estimate of drug-likeness (QED) is 0.468. The van der Waals surface area contributed by atoms with Crippen LogP contribution in [0.3, 0.4) is 0 Å². The van der Waals surface area contributed by atoms with E-state index >= 15 is 0 Å². The predicted molar refractivity (Wildman–Crippen MR) is 119 cm³/mol. The molecule has 2 N–H and O–H groups in total. The molecule has 3 heterocycles. The molecule has 166 valence electrons. The van der Waals surface area contributed by atoms with Gasteiger partial charge in [-0.1, -0.05) is 11.2 Å². The Morgan fingerprint density at radius 3 is 2.47 bits per heavy atom. The molecule has 0 bridgehead atoms. The van der Waals surface area contributed by atoms with Gasteiger partial charge in [-0.15, -0.1) is 0 Å². The molecule has 9 nitrogen and oxygen atoms in total. The molecule has 0 aliphatic carbocycles. The van der Waals surface area contributed by atoms with Gasteiger partial charge >= 0.3 is 0 Å². The molecule has 32 heavy (non-hydrogen) atoms. The number of pyridine rings is 1. The van der Waals surface area contributed by atoms with Crippen LogP contribution in [0.25, 0.3) is 22.4 Å². The summed E-state index contributed by atoms with van der Waals surface area (Å²) < 4.78 is 37.8. The largest absolute Gasteiger partial charge is 0.466 e. The van der Waals surface area contributed by atoms with Crippen LogP contribution in [0, 0.1) is 27.7 Å². The minimum Gasteiger partial charge on any atom is -0.466 e. The highest BCUT2D eigenvalue weighted by Gasteiger charge is 2.22. The molecule has 4 rings (SSSR count). The minimum atomic E-state index is -3.68. The van der Waals surface area contributed by atoms with Crippen LogP contribution in [0.1, 0.15) is 33.1 Å². The van der Waals surface area contributed by atoms with Crippen LogP contribution < -0.4 is 10.0 Å². The van der Waals surface area contributed by atoms with Crippen molar-refractivity contribution in [2.45, 2.75) is 32.6 Å². The number of hydrogen-bond donors (Lipinski definition) is 2. The molecular weight excluding hydrogens is 432 g/mol. The molecule has 0 saturated heterocycles. The summed E-state index contributed by atoms with van der Waals surface area (Å²) in [5.41, 5.74) is 3.20. The number of furan rings is 1. The number of hydrogen-bond acceptors (Lipinski definition) is 7. The Bertz CT molecular complexity index is 1470. The highest BCUT2D eigenvalue weighted by Crippen LogP contribution is 2.31. The molecule has 0 saturated carbocycles. The van der Waals surface area contributed by atoms with Gasteiger partial charge < -0.3 is 14.3 Å². The third-order valence-corrected chi connectivity index (χ3v) is 6.74. The number of carbonyl (C=O) groups is 1. The molecule has 3 aromatic heterocycles. The lowest BCUT2D eigenvalue weighted by Gasteiger charge is -2.11. The number of aryl methyl sites for hydroxylation is 4. The maximum absolute atomic E-state index is 13.3. The van der Waals surface area contributed by atoms with E-state index in [0.717, 1.165) is 11.3 Å². The minimum absolute atomic E-state index is 0.0871. The molecule has 0 spiro atoms. The summed E-state index contributed by atoms with van der Waals surface area (Å²) in [4.78, 5) is 17.9. The van der Waals surface area contributed by atoms with Crippen molar-refractivity contribution in [2.24, 2.45) is 0 Å². The van der Waals surface area contributed by atoms with E-state index in [1.807, 2.05) is 19.9 Å². The Kier molecular flexibility index (Phi) is 5.35. The predicted octanol–water partition coefficient (Wildman–Crippen LogP) is 3.88. The fraction of sp³-hybridized carbons (Fsp3) is 0.227. The van der Waals surface area contributed by atoms with E-state index in [-0.39, 0.29) is 10.6 Å². The molecule has 0 fully saturated rings. The van der Waals surface area contributed by atoms with Gasteiger partial charge in [-0.25, -0.2) is 18.1 Å². The van der Waals surface area contributed by atoms with E-state index in [0.29, 0.717) is 39.3 Å². The number of benzene rings is 1. The van der Waals surface area contributed by atoms with Gasteiger partial charge in [0.05, 0.1) is 27.2 Å². The number of sulfonamides is 1. The van der Waals surface area contributed by atoms with E-state index in [9.17, 15) is 13.2 Å². The Labute approximate surface area is 184 Å². The number of anilines is 1. The van der Waals surface area contributed by atoms with Gasteiger partial charge in [-0.2, -0.15) is 0 Å². The Balaban J connectivity index is 1.80. The molecule has 1 aromatic carbocycles. The Morgan fingerprint density at radius 1 is 1.06 bits per heavy atom. The number of carbonyl (C=O) groups excluding carboxylic acids is 1. The maximum atomic E-state index is 13.3. The number of aromatic nitrogens is 2. The number of nitrogens with one attached hydrogen (secondary N) is 2. The molecule has 10 heteroatoms. The number of rotatable bonds is 5. The number of amides is 1. The van der Waals surface area contributed by atoms with Gasteiger partial charge in [0.2, 0.25) is 10.0 Å². The number of nitrogens with zero attached hydrogens (tertiary/aromatic N) is 2. The summed E-state index contributed by atoms with van der Waals surface area (Å²) in [6, 6.07) is 8.19. The first-order valence-corrected chi connectivity index (χ1v) is 11.3. The third kappa shape index (κ3) is 3.78. The van der Waals surface area contributed by atoms with Crippen LogP contribution in [0.15, 0.2) is 44.2 Å². The highest BCUT2D eigenvalue weighted by atomic mass is 32.2.